The van der Waals surface area contributed by atoms with Crippen LogP contribution in [0.4, 0.5) is 0 Å². The zero-order valence-corrected chi connectivity index (χ0v) is 14.2. The molecule has 3 rings (SSSR count). The summed E-state index contributed by atoms with van der Waals surface area (Å²) in [6, 6.07) is 5.62. The smallest absolute Gasteiger partial charge is 0.0704 e. The molecule has 2 unspecified atom stereocenters. The van der Waals surface area contributed by atoms with E-state index in [-0.39, 0.29) is 0 Å². The Hall–Kier alpha value is -0.160. The summed E-state index contributed by atoms with van der Waals surface area (Å²) in [4.78, 5) is 1.57. The third-order valence-electron chi connectivity index (χ3n) is 3.69. The first kappa shape index (κ1) is 13.8. The Kier molecular flexibility index (Phi) is 4.42. The summed E-state index contributed by atoms with van der Waals surface area (Å²) in [5, 5.41) is 8.24. The third kappa shape index (κ3) is 3.30. The van der Waals surface area contributed by atoms with Gasteiger partial charge in [-0.3, -0.25) is 0 Å². The van der Waals surface area contributed by atoms with E-state index in [1.54, 1.807) is 16.2 Å². The van der Waals surface area contributed by atoms with E-state index in [0.29, 0.717) is 12.1 Å². The third-order valence-corrected chi connectivity index (χ3v) is 6.14. The zero-order chi connectivity index (χ0) is 13.2. The molecule has 2 aromatic heterocycles. The fourth-order valence-electron chi connectivity index (χ4n) is 2.86. The summed E-state index contributed by atoms with van der Waals surface area (Å²) in [5.74, 6) is 0. The summed E-state index contributed by atoms with van der Waals surface area (Å²) in [5.41, 5.74) is 2.98. The van der Waals surface area contributed by atoms with Gasteiger partial charge in [0.1, 0.15) is 0 Å². The molecule has 0 aliphatic heterocycles. The number of rotatable bonds is 4. The topological polar surface area (TPSA) is 12.0 Å². The molecule has 1 N–H and O–H groups in total. The molecule has 2 atom stereocenters. The SMILES string of the molecule is CC(Cc1ccsc1)NC1CCCc2sc(Br)cc21. The molecule has 0 bridgehead atoms. The van der Waals surface area contributed by atoms with E-state index in [2.05, 4.69) is 51.1 Å². The van der Waals surface area contributed by atoms with Crippen LogP contribution in [0.2, 0.25) is 0 Å². The molecule has 0 saturated heterocycles. The van der Waals surface area contributed by atoms with E-state index in [1.807, 2.05) is 11.3 Å². The van der Waals surface area contributed by atoms with Crippen LogP contribution in [0, 0.1) is 0 Å². The first-order valence-electron chi connectivity index (χ1n) is 6.77. The predicted octanol–water partition coefficient (Wildman–Crippen LogP) is 5.17. The van der Waals surface area contributed by atoms with Crippen LogP contribution < -0.4 is 5.32 Å². The number of thiophene rings is 2. The lowest BCUT2D eigenvalue weighted by Crippen LogP contribution is -2.33. The van der Waals surface area contributed by atoms with Crippen molar-refractivity contribution in [2.75, 3.05) is 0 Å². The van der Waals surface area contributed by atoms with E-state index in [4.69, 9.17) is 0 Å². The maximum atomic E-state index is 3.82. The Balaban J connectivity index is 1.67. The van der Waals surface area contributed by atoms with Crippen LogP contribution in [-0.4, -0.2) is 6.04 Å². The molecule has 1 aliphatic carbocycles. The molecule has 4 heteroatoms. The fourth-order valence-corrected chi connectivity index (χ4v) is 5.36. The summed E-state index contributed by atoms with van der Waals surface area (Å²) >= 11 is 7.32. The molecule has 0 fully saturated rings. The van der Waals surface area contributed by atoms with Gasteiger partial charge in [-0.1, -0.05) is 0 Å². The van der Waals surface area contributed by atoms with Gasteiger partial charge in [0.2, 0.25) is 0 Å². The van der Waals surface area contributed by atoms with Crippen molar-refractivity contribution in [3.63, 3.8) is 0 Å². The van der Waals surface area contributed by atoms with Gasteiger partial charge in [0.05, 0.1) is 3.79 Å². The number of hydrogen-bond donors (Lipinski definition) is 1. The molecule has 2 heterocycles. The van der Waals surface area contributed by atoms with Gasteiger partial charge in [-0.2, -0.15) is 11.3 Å². The second-order valence-electron chi connectivity index (χ2n) is 5.28. The van der Waals surface area contributed by atoms with Gasteiger partial charge in [-0.25, -0.2) is 0 Å². The van der Waals surface area contributed by atoms with Gasteiger partial charge in [0, 0.05) is 17.0 Å². The number of fused-ring (bicyclic) bond motifs is 1. The van der Waals surface area contributed by atoms with Gasteiger partial charge in [-0.05, 0) is 82.6 Å². The highest BCUT2D eigenvalue weighted by Gasteiger charge is 2.23. The van der Waals surface area contributed by atoms with Crippen LogP contribution in [0.25, 0.3) is 0 Å². The molecular weight excluding hydrogens is 338 g/mol. The van der Waals surface area contributed by atoms with Crippen molar-refractivity contribution < 1.29 is 0 Å². The molecule has 1 aliphatic rings. The lowest BCUT2D eigenvalue weighted by atomic mass is 9.93. The Labute approximate surface area is 131 Å². The van der Waals surface area contributed by atoms with Crippen molar-refractivity contribution in [2.24, 2.45) is 0 Å². The average Bonchev–Trinajstić information content (AvgIpc) is 2.97. The molecule has 0 spiro atoms. The highest BCUT2D eigenvalue weighted by atomic mass is 79.9. The summed E-state index contributed by atoms with van der Waals surface area (Å²) in [7, 11) is 0. The number of aryl methyl sites for hydroxylation is 1. The minimum atomic E-state index is 0.532. The van der Waals surface area contributed by atoms with Crippen molar-refractivity contribution in [3.05, 3.63) is 42.7 Å². The van der Waals surface area contributed by atoms with Gasteiger partial charge < -0.3 is 5.32 Å². The second-order valence-corrected chi connectivity index (χ2v) is 8.57. The average molecular weight is 356 g/mol. The lowest BCUT2D eigenvalue weighted by Gasteiger charge is -2.27. The summed E-state index contributed by atoms with van der Waals surface area (Å²) in [6.45, 7) is 2.30. The van der Waals surface area contributed by atoms with Crippen LogP contribution in [0.15, 0.2) is 26.7 Å². The van der Waals surface area contributed by atoms with Gasteiger partial charge >= 0.3 is 0 Å². The van der Waals surface area contributed by atoms with Crippen LogP contribution in [0.1, 0.15) is 41.8 Å². The maximum Gasteiger partial charge on any atom is 0.0704 e. The summed E-state index contributed by atoms with van der Waals surface area (Å²) in [6.07, 6.45) is 4.95. The molecule has 102 valence electrons. The Morgan fingerprint density at radius 1 is 1.53 bits per heavy atom. The minimum absolute atomic E-state index is 0.532. The molecule has 0 saturated carbocycles. The van der Waals surface area contributed by atoms with Crippen LogP contribution >= 0.6 is 38.6 Å². The van der Waals surface area contributed by atoms with Crippen molar-refractivity contribution in [1.82, 2.24) is 5.32 Å². The highest BCUT2D eigenvalue weighted by Crippen LogP contribution is 2.38. The maximum absolute atomic E-state index is 3.82. The first-order valence-corrected chi connectivity index (χ1v) is 9.33. The van der Waals surface area contributed by atoms with Crippen LogP contribution in [0.5, 0.6) is 0 Å². The normalized spacial score (nSPS) is 20.2. The molecule has 19 heavy (non-hydrogen) atoms. The van der Waals surface area contributed by atoms with Crippen molar-refractivity contribution >= 4 is 38.6 Å². The molecule has 0 amide bonds. The molecular formula is C15H18BrNS2. The molecule has 0 aromatic carbocycles. The van der Waals surface area contributed by atoms with Gasteiger partial charge in [0.15, 0.2) is 0 Å². The van der Waals surface area contributed by atoms with Crippen molar-refractivity contribution in [2.45, 2.75) is 44.7 Å². The first-order chi connectivity index (χ1) is 9.22. The Morgan fingerprint density at radius 3 is 3.21 bits per heavy atom. The lowest BCUT2D eigenvalue weighted by molar-refractivity contribution is 0.410. The van der Waals surface area contributed by atoms with Crippen molar-refractivity contribution in [3.8, 4) is 0 Å². The predicted molar refractivity (Wildman–Crippen MR) is 88.3 cm³/mol. The molecule has 2 aromatic rings. The molecule has 1 nitrogen and oxygen atoms in total. The van der Waals surface area contributed by atoms with Crippen LogP contribution in [0.3, 0.4) is 0 Å². The quantitative estimate of drug-likeness (QED) is 0.797. The second kappa shape index (κ2) is 6.08. The zero-order valence-electron chi connectivity index (χ0n) is 11.0. The van der Waals surface area contributed by atoms with E-state index in [0.717, 1.165) is 6.42 Å². The highest BCUT2D eigenvalue weighted by molar-refractivity contribution is 9.11. The number of nitrogens with one attached hydrogen (secondary N) is 1. The monoisotopic (exact) mass is 355 g/mol. The fraction of sp³-hybridized carbons (Fsp3) is 0.467. The van der Waals surface area contributed by atoms with E-state index < -0.39 is 0 Å². The standard InChI is InChI=1S/C15H18BrNS2/c1-10(7-11-5-6-18-9-11)17-13-3-2-4-14-12(13)8-15(16)19-14/h5-6,8-10,13,17H,2-4,7H2,1H3. The van der Waals surface area contributed by atoms with E-state index in [9.17, 15) is 0 Å². The van der Waals surface area contributed by atoms with E-state index >= 15 is 0 Å². The largest absolute Gasteiger partial charge is 0.307 e. The summed E-state index contributed by atoms with van der Waals surface area (Å²) < 4.78 is 1.27. The number of hydrogen-bond acceptors (Lipinski definition) is 3. The molecule has 0 radical (unpaired) electrons. The van der Waals surface area contributed by atoms with Gasteiger partial charge in [0.25, 0.3) is 0 Å². The Bertz CT molecular complexity index is 532. The number of halogens is 1. The van der Waals surface area contributed by atoms with Crippen molar-refractivity contribution in [1.29, 1.82) is 0 Å². The van der Waals surface area contributed by atoms with Crippen LogP contribution in [-0.2, 0) is 12.8 Å². The minimum Gasteiger partial charge on any atom is -0.307 e. The van der Waals surface area contributed by atoms with E-state index in [1.165, 1.54) is 34.2 Å². The Morgan fingerprint density at radius 2 is 2.42 bits per heavy atom. The van der Waals surface area contributed by atoms with Gasteiger partial charge in [-0.15, -0.1) is 11.3 Å².